The molecule has 1 aliphatic heterocycles. The molecule has 2 amide bonds. The van der Waals surface area contributed by atoms with E-state index in [2.05, 4.69) is 5.32 Å². The summed E-state index contributed by atoms with van der Waals surface area (Å²) < 4.78 is 5.74. The molecule has 1 heterocycles. The smallest absolute Gasteiger partial charge is 0.317 e. The summed E-state index contributed by atoms with van der Waals surface area (Å²) in [6.45, 7) is 1.66. The number of hydrogen-bond acceptors (Lipinski definition) is 3. The number of rotatable bonds is 6. The molecule has 1 saturated heterocycles. The number of ether oxygens (including phenoxy) is 1. The van der Waals surface area contributed by atoms with Crippen molar-refractivity contribution in [3.05, 3.63) is 65.7 Å². The van der Waals surface area contributed by atoms with Gasteiger partial charge in [-0.05, 0) is 29.7 Å². The van der Waals surface area contributed by atoms with E-state index in [4.69, 9.17) is 9.84 Å². The Morgan fingerprint density at radius 1 is 1.08 bits per heavy atom. The molecule has 0 saturated carbocycles. The van der Waals surface area contributed by atoms with E-state index < -0.39 is 11.9 Å². The van der Waals surface area contributed by atoms with Crippen LogP contribution in [0.5, 0.6) is 5.75 Å². The molecule has 2 N–H and O–H groups in total. The normalized spacial score (nSPS) is 16.3. The molecule has 1 unspecified atom stereocenters. The average molecular weight is 354 g/mol. The monoisotopic (exact) mass is 354 g/mol. The molecule has 2 aromatic rings. The zero-order valence-electron chi connectivity index (χ0n) is 14.4. The maximum atomic E-state index is 12.1. The highest BCUT2D eigenvalue weighted by molar-refractivity contribution is 5.77. The van der Waals surface area contributed by atoms with Crippen LogP contribution in [-0.2, 0) is 17.9 Å². The number of nitrogens with one attached hydrogen (secondary N) is 1. The number of carbonyl (C=O) groups is 2. The summed E-state index contributed by atoms with van der Waals surface area (Å²) in [6.07, 6.45) is 0.510. The van der Waals surface area contributed by atoms with Crippen LogP contribution in [0.2, 0.25) is 0 Å². The third-order valence-corrected chi connectivity index (χ3v) is 4.44. The van der Waals surface area contributed by atoms with Gasteiger partial charge >= 0.3 is 12.0 Å². The van der Waals surface area contributed by atoms with Crippen molar-refractivity contribution in [1.29, 1.82) is 0 Å². The van der Waals surface area contributed by atoms with Crippen LogP contribution in [-0.4, -0.2) is 35.1 Å². The quantitative estimate of drug-likeness (QED) is 0.836. The van der Waals surface area contributed by atoms with Crippen molar-refractivity contribution in [2.24, 2.45) is 5.92 Å². The number of carbonyl (C=O) groups excluding carboxylic acids is 1. The zero-order valence-corrected chi connectivity index (χ0v) is 14.4. The van der Waals surface area contributed by atoms with E-state index in [0.29, 0.717) is 26.1 Å². The number of amides is 2. The predicted molar refractivity (Wildman–Crippen MR) is 96.8 cm³/mol. The Hall–Kier alpha value is -3.02. The van der Waals surface area contributed by atoms with Crippen LogP contribution in [0.25, 0.3) is 0 Å². The van der Waals surface area contributed by atoms with Crippen LogP contribution in [0.1, 0.15) is 17.5 Å². The molecule has 3 rings (SSSR count). The summed E-state index contributed by atoms with van der Waals surface area (Å²) in [5, 5.41) is 11.8. The summed E-state index contributed by atoms with van der Waals surface area (Å²) in [7, 11) is 0. The molecule has 0 bridgehead atoms. The molecular formula is C20H22N2O4. The number of urea groups is 1. The van der Waals surface area contributed by atoms with Gasteiger partial charge in [0, 0.05) is 19.6 Å². The van der Waals surface area contributed by atoms with Crippen LogP contribution in [0.15, 0.2) is 54.6 Å². The lowest BCUT2D eigenvalue weighted by Gasteiger charge is -2.16. The Morgan fingerprint density at radius 2 is 1.81 bits per heavy atom. The molecule has 6 heteroatoms. The summed E-state index contributed by atoms with van der Waals surface area (Å²) in [4.78, 5) is 24.6. The fraction of sp³-hybridized carbons (Fsp3) is 0.300. The number of carboxylic acid groups (broad SMARTS) is 1. The van der Waals surface area contributed by atoms with Crippen LogP contribution in [0.3, 0.4) is 0 Å². The Labute approximate surface area is 152 Å². The van der Waals surface area contributed by atoms with Gasteiger partial charge in [-0.1, -0.05) is 42.5 Å². The Kier molecular flexibility index (Phi) is 5.73. The van der Waals surface area contributed by atoms with E-state index in [-0.39, 0.29) is 12.6 Å². The summed E-state index contributed by atoms with van der Waals surface area (Å²) in [5.74, 6) is -0.527. The SMILES string of the molecule is O=C(O)C1CCN(C(=O)NCc2ccc(OCc3ccccc3)cc2)C1. The van der Waals surface area contributed by atoms with E-state index in [1.165, 1.54) is 0 Å². The Morgan fingerprint density at radius 3 is 2.46 bits per heavy atom. The van der Waals surface area contributed by atoms with Gasteiger partial charge in [0.15, 0.2) is 0 Å². The Bertz CT molecular complexity index is 746. The lowest BCUT2D eigenvalue weighted by atomic mass is 10.1. The van der Waals surface area contributed by atoms with Crippen LogP contribution >= 0.6 is 0 Å². The molecule has 2 aromatic carbocycles. The van der Waals surface area contributed by atoms with E-state index in [1.54, 1.807) is 4.90 Å². The molecule has 1 atom stereocenters. The van der Waals surface area contributed by atoms with Crippen molar-refractivity contribution in [2.75, 3.05) is 13.1 Å². The molecule has 1 fully saturated rings. The lowest BCUT2D eigenvalue weighted by Crippen LogP contribution is -2.38. The van der Waals surface area contributed by atoms with Crippen molar-refractivity contribution in [3.63, 3.8) is 0 Å². The van der Waals surface area contributed by atoms with E-state index in [9.17, 15) is 9.59 Å². The maximum Gasteiger partial charge on any atom is 0.317 e. The first-order valence-electron chi connectivity index (χ1n) is 8.63. The topological polar surface area (TPSA) is 78.9 Å². The molecular weight excluding hydrogens is 332 g/mol. The van der Waals surface area contributed by atoms with Gasteiger partial charge in [-0.3, -0.25) is 4.79 Å². The van der Waals surface area contributed by atoms with Crippen LogP contribution in [0, 0.1) is 5.92 Å². The van der Waals surface area contributed by atoms with Gasteiger partial charge in [-0.2, -0.15) is 0 Å². The highest BCUT2D eigenvalue weighted by atomic mass is 16.5. The minimum absolute atomic E-state index is 0.224. The third-order valence-electron chi connectivity index (χ3n) is 4.44. The highest BCUT2D eigenvalue weighted by Gasteiger charge is 2.30. The number of likely N-dealkylation sites (tertiary alicyclic amines) is 1. The molecule has 6 nitrogen and oxygen atoms in total. The van der Waals surface area contributed by atoms with Crippen molar-refractivity contribution in [1.82, 2.24) is 10.2 Å². The van der Waals surface area contributed by atoms with Gasteiger partial charge in [-0.25, -0.2) is 4.79 Å². The first-order chi connectivity index (χ1) is 12.6. The minimum Gasteiger partial charge on any atom is -0.489 e. The second kappa shape index (κ2) is 8.38. The Balaban J connectivity index is 1.44. The first kappa shape index (κ1) is 17.8. The molecule has 0 radical (unpaired) electrons. The largest absolute Gasteiger partial charge is 0.489 e. The van der Waals surface area contributed by atoms with Gasteiger partial charge in [0.05, 0.1) is 5.92 Å². The van der Waals surface area contributed by atoms with Gasteiger partial charge in [0.25, 0.3) is 0 Å². The van der Waals surface area contributed by atoms with Crippen LogP contribution < -0.4 is 10.1 Å². The predicted octanol–water partition coefficient (Wildman–Crippen LogP) is 2.88. The van der Waals surface area contributed by atoms with Gasteiger partial charge < -0.3 is 20.1 Å². The third kappa shape index (κ3) is 4.75. The number of nitrogens with zero attached hydrogens (tertiary/aromatic N) is 1. The number of hydrogen-bond donors (Lipinski definition) is 2. The van der Waals surface area contributed by atoms with E-state index >= 15 is 0 Å². The molecule has 1 aliphatic rings. The minimum atomic E-state index is -0.841. The van der Waals surface area contributed by atoms with Gasteiger partial charge in [0.2, 0.25) is 0 Å². The number of carboxylic acids is 1. The summed E-state index contributed by atoms with van der Waals surface area (Å²) >= 11 is 0. The maximum absolute atomic E-state index is 12.1. The second-order valence-corrected chi connectivity index (χ2v) is 6.35. The molecule has 26 heavy (non-hydrogen) atoms. The van der Waals surface area contributed by atoms with Crippen molar-refractivity contribution < 1.29 is 19.4 Å². The number of aliphatic carboxylic acids is 1. The lowest BCUT2D eigenvalue weighted by molar-refractivity contribution is -0.141. The van der Waals surface area contributed by atoms with E-state index in [1.807, 2.05) is 54.6 Å². The molecule has 0 aromatic heterocycles. The highest BCUT2D eigenvalue weighted by Crippen LogP contribution is 2.17. The molecule has 0 aliphatic carbocycles. The van der Waals surface area contributed by atoms with Crippen molar-refractivity contribution in [3.8, 4) is 5.75 Å². The first-order valence-corrected chi connectivity index (χ1v) is 8.63. The average Bonchev–Trinajstić information content (AvgIpc) is 3.17. The summed E-state index contributed by atoms with van der Waals surface area (Å²) in [6, 6.07) is 17.3. The molecule has 0 spiro atoms. The number of benzene rings is 2. The van der Waals surface area contributed by atoms with Crippen molar-refractivity contribution >= 4 is 12.0 Å². The summed E-state index contributed by atoms with van der Waals surface area (Å²) in [5.41, 5.74) is 2.06. The van der Waals surface area contributed by atoms with Gasteiger partial charge in [0.1, 0.15) is 12.4 Å². The van der Waals surface area contributed by atoms with Gasteiger partial charge in [-0.15, -0.1) is 0 Å². The molecule has 136 valence electrons. The van der Waals surface area contributed by atoms with Crippen LogP contribution in [0.4, 0.5) is 4.79 Å². The van der Waals surface area contributed by atoms with Crippen molar-refractivity contribution in [2.45, 2.75) is 19.6 Å². The standard InChI is InChI=1S/C20H22N2O4/c23-19(24)17-10-11-22(13-17)20(25)21-12-15-6-8-18(9-7-15)26-14-16-4-2-1-3-5-16/h1-9,17H,10-14H2,(H,21,25)(H,23,24). The fourth-order valence-corrected chi connectivity index (χ4v) is 2.88. The van der Waals surface area contributed by atoms with E-state index in [0.717, 1.165) is 16.9 Å². The second-order valence-electron chi connectivity index (χ2n) is 6.35. The fourth-order valence-electron chi connectivity index (χ4n) is 2.88. The zero-order chi connectivity index (χ0) is 18.4.